The highest BCUT2D eigenvalue weighted by molar-refractivity contribution is 9.11. The summed E-state index contributed by atoms with van der Waals surface area (Å²) < 4.78 is 1.00. The van der Waals surface area contributed by atoms with Gasteiger partial charge in [-0.3, -0.25) is 0 Å². The lowest BCUT2D eigenvalue weighted by atomic mass is 10.3. The molecule has 0 aliphatic rings. The van der Waals surface area contributed by atoms with Gasteiger partial charge in [-0.15, -0.1) is 11.3 Å². The van der Waals surface area contributed by atoms with E-state index < -0.39 is 0 Å². The minimum Gasteiger partial charge on any atom is -0.368 e. The summed E-state index contributed by atoms with van der Waals surface area (Å²) in [4.78, 5) is 11.6. The third-order valence-electron chi connectivity index (χ3n) is 1.50. The van der Waals surface area contributed by atoms with E-state index in [9.17, 15) is 0 Å². The van der Waals surface area contributed by atoms with Gasteiger partial charge in [0.15, 0.2) is 5.82 Å². The fraction of sp³-hybridized carbons (Fsp3) is 0. The molecule has 0 unspecified atom stereocenters. The van der Waals surface area contributed by atoms with Crippen molar-refractivity contribution in [2.45, 2.75) is 0 Å². The summed E-state index contributed by atoms with van der Waals surface area (Å²) in [6, 6.07) is 1.90. The van der Waals surface area contributed by atoms with E-state index in [1.54, 1.807) is 11.3 Å². The van der Waals surface area contributed by atoms with Crippen LogP contribution in [0.25, 0.3) is 11.4 Å². The number of nitrogens with zero attached hydrogens (tertiary/aromatic N) is 3. The second kappa shape index (κ2) is 3.50. The van der Waals surface area contributed by atoms with Crippen molar-refractivity contribution in [1.29, 1.82) is 0 Å². The predicted molar refractivity (Wildman–Crippen MR) is 59.7 cm³/mol. The number of anilines is 2. The van der Waals surface area contributed by atoms with Gasteiger partial charge in [0.25, 0.3) is 0 Å². The standard InChI is InChI=1S/C7H6BrN5S/c8-4-1-3(2-14-4)5-11-6(9)13-7(10)12-5/h1-2H,(H4,9,10,11,12,13). The van der Waals surface area contributed by atoms with Crippen LogP contribution in [0.5, 0.6) is 0 Å². The topological polar surface area (TPSA) is 90.7 Å². The average Bonchev–Trinajstić information content (AvgIpc) is 2.50. The van der Waals surface area contributed by atoms with Gasteiger partial charge in [0, 0.05) is 10.9 Å². The van der Waals surface area contributed by atoms with Gasteiger partial charge >= 0.3 is 0 Å². The molecule has 0 saturated carbocycles. The molecule has 0 aromatic carbocycles. The zero-order valence-electron chi connectivity index (χ0n) is 6.94. The zero-order chi connectivity index (χ0) is 10.1. The van der Waals surface area contributed by atoms with Crippen molar-refractivity contribution in [3.63, 3.8) is 0 Å². The minimum absolute atomic E-state index is 0.134. The van der Waals surface area contributed by atoms with Crippen LogP contribution in [0.2, 0.25) is 0 Å². The van der Waals surface area contributed by atoms with Crippen LogP contribution < -0.4 is 11.5 Å². The van der Waals surface area contributed by atoms with E-state index in [1.165, 1.54) is 0 Å². The summed E-state index contributed by atoms with van der Waals surface area (Å²) >= 11 is 4.90. The molecule has 0 radical (unpaired) electrons. The lowest BCUT2D eigenvalue weighted by Crippen LogP contribution is -2.03. The monoisotopic (exact) mass is 271 g/mol. The molecule has 2 aromatic heterocycles. The van der Waals surface area contributed by atoms with Crippen molar-refractivity contribution in [3.05, 3.63) is 15.2 Å². The molecule has 0 spiro atoms. The number of hydrogen-bond acceptors (Lipinski definition) is 6. The maximum absolute atomic E-state index is 5.45. The molecule has 2 aromatic rings. The van der Waals surface area contributed by atoms with Crippen LogP contribution in [-0.4, -0.2) is 15.0 Å². The van der Waals surface area contributed by atoms with Gasteiger partial charge in [-0.1, -0.05) is 0 Å². The highest BCUT2D eigenvalue weighted by atomic mass is 79.9. The van der Waals surface area contributed by atoms with Gasteiger partial charge in [-0.05, 0) is 22.0 Å². The summed E-state index contributed by atoms with van der Waals surface area (Å²) in [7, 11) is 0. The van der Waals surface area contributed by atoms with E-state index >= 15 is 0 Å². The zero-order valence-corrected chi connectivity index (χ0v) is 9.34. The van der Waals surface area contributed by atoms with Crippen molar-refractivity contribution in [1.82, 2.24) is 15.0 Å². The van der Waals surface area contributed by atoms with Gasteiger partial charge in [0.2, 0.25) is 11.9 Å². The van der Waals surface area contributed by atoms with E-state index in [1.807, 2.05) is 11.4 Å². The van der Waals surface area contributed by atoms with Gasteiger partial charge in [-0.25, -0.2) is 0 Å². The molecule has 5 nitrogen and oxygen atoms in total. The van der Waals surface area contributed by atoms with Gasteiger partial charge in [-0.2, -0.15) is 15.0 Å². The Morgan fingerprint density at radius 2 is 1.79 bits per heavy atom. The molecule has 7 heteroatoms. The van der Waals surface area contributed by atoms with Crippen LogP contribution in [0, 0.1) is 0 Å². The third kappa shape index (κ3) is 1.83. The first-order valence-corrected chi connectivity index (χ1v) is 5.34. The predicted octanol–water partition coefficient (Wildman–Crippen LogP) is 1.53. The highest BCUT2D eigenvalue weighted by Crippen LogP contribution is 2.27. The molecule has 0 atom stereocenters. The largest absolute Gasteiger partial charge is 0.368 e. The molecule has 0 aliphatic carbocycles. The quantitative estimate of drug-likeness (QED) is 0.821. The fourth-order valence-electron chi connectivity index (χ4n) is 0.966. The molecule has 0 fully saturated rings. The number of hydrogen-bond donors (Lipinski definition) is 2. The second-order valence-corrected chi connectivity index (χ2v) is 4.81. The fourth-order valence-corrected chi connectivity index (χ4v) is 2.10. The van der Waals surface area contributed by atoms with Gasteiger partial charge < -0.3 is 11.5 Å². The van der Waals surface area contributed by atoms with Crippen molar-refractivity contribution >= 4 is 39.2 Å². The number of thiophene rings is 1. The van der Waals surface area contributed by atoms with Crippen LogP contribution >= 0.6 is 27.3 Å². The van der Waals surface area contributed by atoms with Crippen LogP contribution in [-0.2, 0) is 0 Å². The van der Waals surface area contributed by atoms with Crippen LogP contribution in [0.15, 0.2) is 15.2 Å². The number of nitrogen functional groups attached to an aromatic ring is 2. The SMILES string of the molecule is Nc1nc(N)nc(-c2csc(Br)c2)n1. The Morgan fingerprint density at radius 1 is 1.14 bits per heavy atom. The molecule has 0 aliphatic heterocycles. The van der Waals surface area contributed by atoms with Crippen LogP contribution in [0.1, 0.15) is 0 Å². The molecule has 0 bridgehead atoms. The number of halogens is 1. The van der Waals surface area contributed by atoms with Crippen LogP contribution in [0.4, 0.5) is 11.9 Å². The summed E-state index contributed by atoms with van der Waals surface area (Å²) in [6.45, 7) is 0. The Kier molecular flexibility index (Phi) is 2.34. The molecule has 0 saturated heterocycles. The van der Waals surface area contributed by atoms with Crippen molar-refractivity contribution in [2.24, 2.45) is 0 Å². The normalized spacial score (nSPS) is 10.4. The highest BCUT2D eigenvalue weighted by Gasteiger charge is 2.06. The summed E-state index contributed by atoms with van der Waals surface area (Å²) in [5, 5.41) is 1.91. The first kappa shape index (κ1) is 9.35. The Labute approximate surface area is 92.3 Å². The molecule has 2 rings (SSSR count). The molecule has 72 valence electrons. The third-order valence-corrected chi connectivity index (χ3v) is 3.00. The Bertz CT molecular complexity index is 449. The average molecular weight is 272 g/mol. The second-order valence-electron chi connectivity index (χ2n) is 2.51. The van der Waals surface area contributed by atoms with E-state index in [4.69, 9.17) is 11.5 Å². The van der Waals surface area contributed by atoms with Crippen molar-refractivity contribution in [3.8, 4) is 11.4 Å². The van der Waals surface area contributed by atoms with Gasteiger partial charge in [0.1, 0.15) is 0 Å². The first-order chi connectivity index (χ1) is 6.65. The molecule has 0 amide bonds. The molecule has 4 N–H and O–H groups in total. The Hall–Kier alpha value is -1.21. The number of rotatable bonds is 1. The van der Waals surface area contributed by atoms with Crippen LogP contribution in [0.3, 0.4) is 0 Å². The lowest BCUT2D eigenvalue weighted by molar-refractivity contribution is 1.09. The maximum atomic E-state index is 5.45. The molecular weight excluding hydrogens is 266 g/mol. The Balaban J connectivity index is 2.51. The van der Waals surface area contributed by atoms with E-state index in [2.05, 4.69) is 30.9 Å². The minimum atomic E-state index is 0.134. The van der Waals surface area contributed by atoms with Crippen molar-refractivity contribution < 1.29 is 0 Å². The smallest absolute Gasteiger partial charge is 0.225 e. The van der Waals surface area contributed by atoms with Gasteiger partial charge in [0.05, 0.1) is 3.79 Å². The van der Waals surface area contributed by atoms with Crippen molar-refractivity contribution in [2.75, 3.05) is 11.5 Å². The lowest BCUT2D eigenvalue weighted by Gasteiger charge is -1.98. The van der Waals surface area contributed by atoms with E-state index in [0.717, 1.165) is 9.35 Å². The summed E-state index contributed by atoms with van der Waals surface area (Å²) in [5.41, 5.74) is 11.8. The number of aromatic nitrogens is 3. The molecular formula is C7H6BrN5S. The molecule has 2 heterocycles. The first-order valence-electron chi connectivity index (χ1n) is 3.66. The van der Waals surface area contributed by atoms with E-state index in [0.29, 0.717) is 5.82 Å². The Morgan fingerprint density at radius 3 is 2.29 bits per heavy atom. The summed E-state index contributed by atoms with van der Waals surface area (Å²) in [5.74, 6) is 0.765. The molecule has 14 heavy (non-hydrogen) atoms. The number of nitrogens with two attached hydrogens (primary N) is 2. The summed E-state index contributed by atoms with van der Waals surface area (Å²) in [6.07, 6.45) is 0. The van der Waals surface area contributed by atoms with E-state index in [-0.39, 0.29) is 11.9 Å². The maximum Gasteiger partial charge on any atom is 0.225 e.